The Kier molecular flexibility index (Phi) is 2.39. The second-order valence-electron chi connectivity index (χ2n) is 4.58. The number of amides is 3. The zero-order chi connectivity index (χ0) is 13.5. The third kappa shape index (κ3) is 1.78. The summed E-state index contributed by atoms with van der Waals surface area (Å²) in [5, 5.41) is 11.9. The van der Waals surface area contributed by atoms with Crippen molar-refractivity contribution >= 4 is 35.5 Å². The molecule has 0 radical (unpaired) electrons. The molecule has 19 heavy (non-hydrogen) atoms. The molecule has 3 heterocycles. The summed E-state index contributed by atoms with van der Waals surface area (Å²) < 4.78 is 0. The maximum atomic E-state index is 12.0. The molecule has 2 N–H and O–H groups in total. The number of imide groups is 1. The van der Waals surface area contributed by atoms with E-state index in [0.717, 1.165) is 0 Å². The number of aliphatic imine (C=N–C) groups is 1. The summed E-state index contributed by atoms with van der Waals surface area (Å²) in [5.74, 6) is 0.880. The van der Waals surface area contributed by atoms with E-state index in [-0.39, 0.29) is 17.5 Å². The van der Waals surface area contributed by atoms with E-state index >= 15 is 0 Å². The van der Waals surface area contributed by atoms with Gasteiger partial charge in [0.1, 0.15) is 5.54 Å². The molecule has 0 aromatic heterocycles. The number of piperidine rings is 2. The van der Waals surface area contributed by atoms with Gasteiger partial charge in [-0.2, -0.15) is 0 Å². The van der Waals surface area contributed by atoms with Crippen molar-refractivity contribution < 1.29 is 14.4 Å². The predicted molar refractivity (Wildman–Crippen MR) is 64.7 cm³/mol. The Morgan fingerprint density at radius 2 is 2.26 bits per heavy atom. The van der Waals surface area contributed by atoms with Gasteiger partial charge < -0.3 is 5.32 Å². The number of hydrogen-bond donors (Lipinski definition) is 2. The molecule has 8 nitrogen and oxygen atoms in total. The molecule has 3 fully saturated rings. The Balaban J connectivity index is 1.75. The van der Waals surface area contributed by atoms with Crippen molar-refractivity contribution in [2.24, 2.45) is 21.1 Å². The highest BCUT2D eigenvalue weighted by molar-refractivity contribution is 6.61. The summed E-state index contributed by atoms with van der Waals surface area (Å²) in [7, 11) is 0. The molecule has 0 unspecified atom stereocenters. The van der Waals surface area contributed by atoms with Crippen LogP contribution in [0, 0.1) is 5.92 Å². The van der Waals surface area contributed by atoms with E-state index < -0.39 is 17.4 Å². The van der Waals surface area contributed by atoms with Crippen LogP contribution in [0.25, 0.3) is 0 Å². The van der Waals surface area contributed by atoms with Gasteiger partial charge in [-0.25, -0.2) is 0 Å². The fourth-order valence-corrected chi connectivity index (χ4v) is 2.31. The van der Waals surface area contributed by atoms with Gasteiger partial charge in [0.2, 0.25) is 5.91 Å². The molecule has 2 bridgehead atoms. The van der Waals surface area contributed by atoms with Crippen molar-refractivity contribution in [3.05, 3.63) is 6.20 Å². The molecule has 3 aliphatic heterocycles. The first kappa shape index (κ1) is 11.5. The first-order chi connectivity index (χ1) is 9.11. The lowest BCUT2D eigenvalue weighted by Gasteiger charge is -2.49. The number of rotatable bonds is 2. The Hall–Kier alpha value is -2.60. The number of carbonyl (C=O) groups excluding carboxylic acids is 3. The first-order valence-electron chi connectivity index (χ1n) is 5.67. The minimum atomic E-state index is -1.00. The zero-order valence-corrected chi connectivity index (χ0v) is 9.71. The highest BCUT2D eigenvalue weighted by Crippen LogP contribution is 2.41. The topological polar surface area (TPSA) is 112 Å². The fraction of sp³-hybridized carbons (Fsp3) is 0.364. The van der Waals surface area contributed by atoms with Gasteiger partial charge in [0.05, 0.1) is 12.4 Å². The first-order valence-corrected chi connectivity index (χ1v) is 5.67. The van der Waals surface area contributed by atoms with Gasteiger partial charge in [-0.3, -0.25) is 24.7 Å². The summed E-state index contributed by atoms with van der Waals surface area (Å²) in [4.78, 5) is 38.8. The second-order valence-corrected chi connectivity index (χ2v) is 4.58. The molecule has 96 valence electrons. The number of carbonyl (C=O) groups is 3. The maximum absolute atomic E-state index is 12.0. The monoisotopic (exact) mass is 259 g/mol. The van der Waals surface area contributed by atoms with E-state index in [1.54, 1.807) is 0 Å². The molecule has 4 aliphatic rings. The van der Waals surface area contributed by atoms with Crippen LogP contribution in [0.4, 0.5) is 0 Å². The minimum absolute atomic E-state index is 0.0104. The van der Waals surface area contributed by atoms with Crippen LogP contribution in [0.5, 0.6) is 0 Å². The van der Waals surface area contributed by atoms with Gasteiger partial charge >= 0.3 is 0 Å². The quantitative estimate of drug-likeness (QED) is 0.590. The Labute approximate surface area is 107 Å². The molecular weight excluding hydrogens is 250 g/mol. The van der Waals surface area contributed by atoms with Gasteiger partial charge in [-0.1, -0.05) is 0 Å². The molecule has 2 saturated heterocycles. The van der Waals surface area contributed by atoms with Crippen LogP contribution in [0.3, 0.4) is 0 Å². The van der Waals surface area contributed by atoms with Crippen LogP contribution in [0.1, 0.15) is 12.8 Å². The molecule has 0 aromatic rings. The van der Waals surface area contributed by atoms with Gasteiger partial charge in [-0.15, -0.1) is 10.2 Å². The summed E-state index contributed by atoms with van der Waals surface area (Å²) >= 11 is 0. The Bertz CT molecular complexity index is 606. The predicted octanol–water partition coefficient (Wildman–Crippen LogP) is -1.47. The molecule has 0 spiro atoms. The number of fused-ring (bicyclic) bond motifs is 2. The summed E-state index contributed by atoms with van der Waals surface area (Å²) in [6.07, 6.45) is 3.16. The smallest absolute Gasteiger partial charge is 0.274 e. The summed E-state index contributed by atoms with van der Waals surface area (Å²) in [5.41, 5.74) is -1.01. The maximum Gasteiger partial charge on any atom is 0.274 e. The van der Waals surface area contributed by atoms with E-state index in [1.165, 1.54) is 12.4 Å². The van der Waals surface area contributed by atoms with Gasteiger partial charge in [-0.05, 0) is 12.8 Å². The highest BCUT2D eigenvalue weighted by atomic mass is 16.2. The normalized spacial score (nSPS) is 31.2. The van der Waals surface area contributed by atoms with Crippen molar-refractivity contribution in [3.63, 3.8) is 0 Å². The van der Waals surface area contributed by atoms with E-state index in [0.29, 0.717) is 12.8 Å². The van der Waals surface area contributed by atoms with Gasteiger partial charge in [0.15, 0.2) is 5.71 Å². The van der Waals surface area contributed by atoms with E-state index in [9.17, 15) is 14.4 Å². The third-order valence-electron chi connectivity index (χ3n) is 3.36. The molecule has 3 amide bonds. The molecule has 1 saturated carbocycles. The van der Waals surface area contributed by atoms with Crippen LogP contribution in [0.15, 0.2) is 21.4 Å². The van der Waals surface area contributed by atoms with Crippen LogP contribution < -0.4 is 10.6 Å². The van der Waals surface area contributed by atoms with Crippen molar-refractivity contribution in [1.29, 1.82) is 0 Å². The lowest BCUT2D eigenvalue weighted by molar-refractivity contribution is -0.154. The summed E-state index contributed by atoms with van der Waals surface area (Å²) in [6, 6.07) is 0. The lowest BCUT2D eigenvalue weighted by atomic mass is 9.64. The van der Waals surface area contributed by atoms with Gasteiger partial charge in [0, 0.05) is 11.8 Å². The fourth-order valence-electron chi connectivity index (χ4n) is 2.31. The van der Waals surface area contributed by atoms with Crippen LogP contribution >= 0.6 is 0 Å². The minimum Gasteiger partial charge on any atom is -0.336 e. The zero-order valence-electron chi connectivity index (χ0n) is 9.71. The van der Waals surface area contributed by atoms with Crippen LogP contribution in [-0.4, -0.2) is 41.1 Å². The average molecular weight is 259 g/mol. The van der Waals surface area contributed by atoms with Crippen molar-refractivity contribution in [2.75, 3.05) is 0 Å². The average Bonchev–Trinajstić information content (AvgIpc) is 2.59. The second kappa shape index (κ2) is 3.96. The van der Waals surface area contributed by atoms with E-state index in [2.05, 4.69) is 31.7 Å². The summed E-state index contributed by atoms with van der Waals surface area (Å²) in [6.45, 7) is 0. The molecular formula is C11H9N5O3. The third-order valence-corrected chi connectivity index (χ3v) is 3.36. The lowest BCUT2D eigenvalue weighted by Crippen LogP contribution is -2.73. The largest absolute Gasteiger partial charge is 0.336 e. The Morgan fingerprint density at radius 3 is 3.00 bits per heavy atom. The SMILES string of the molecule is O=C(NC12CC(C1)C(=O)NC2=O)C1=NN=C=CN=C1. The standard InChI is InChI=1S/C11H9N5O3/c17-8-6-3-11(4-6,10(19)14-8)15-9(18)7-5-12-1-2-13-16-7/h1,5-6H,3-4H2,(H,15,18)(H,14,17,19). The number of nitrogens with one attached hydrogen (secondary N) is 2. The molecule has 4 rings (SSSR count). The van der Waals surface area contributed by atoms with E-state index in [1.807, 2.05) is 0 Å². The van der Waals surface area contributed by atoms with Crippen molar-refractivity contribution in [3.8, 4) is 0 Å². The van der Waals surface area contributed by atoms with Crippen molar-refractivity contribution in [1.82, 2.24) is 10.6 Å². The van der Waals surface area contributed by atoms with Gasteiger partial charge in [0.25, 0.3) is 11.8 Å². The van der Waals surface area contributed by atoms with Crippen LogP contribution in [-0.2, 0) is 14.4 Å². The Morgan fingerprint density at radius 1 is 1.47 bits per heavy atom. The number of hydrogen-bond acceptors (Lipinski definition) is 6. The highest BCUT2D eigenvalue weighted by Gasteiger charge is 2.58. The van der Waals surface area contributed by atoms with Crippen molar-refractivity contribution in [2.45, 2.75) is 18.4 Å². The van der Waals surface area contributed by atoms with E-state index in [4.69, 9.17) is 0 Å². The van der Waals surface area contributed by atoms with Crippen LogP contribution in [0.2, 0.25) is 0 Å². The molecule has 0 aromatic carbocycles. The molecule has 0 atom stereocenters. The number of nitrogens with zero attached hydrogens (tertiary/aromatic N) is 3. The molecule has 8 heteroatoms. The molecule has 1 aliphatic carbocycles.